The summed E-state index contributed by atoms with van der Waals surface area (Å²) in [7, 11) is 3.42. The number of nitrogens with zero attached hydrogens (tertiary/aromatic N) is 1. The van der Waals surface area contributed by atoms with Crippen LogP contribution in [0.3, 0.4) is 0 Å². The molecule has 0 N–H and O–H groups in total. The summed E-state index contributed by atoms with van der Waals surface area (Å²) in [6.45, 7) is 19.0. The van der Waals surface area contributed by atoms with Gasteiger partial charge in [0.2, 0.25) is 0 Å². The molecule has 0 saturated heterocycles. The fraction of sp³-hybridized carbons (Fsp3) is 0.500. The van der Waals surface area contributed by atoms with Crippen LogP contribution < -0.4 is 9.47 Å². The molecule has 2 unspecified atom stereocenters. The number of aliphatic imine (C=N–C) groups is 1. The number of benzene rings is 2. The molecule has 5 heteroatoms. The van der Waals surface area contributed by atoms with Crippen LogP contribution in [0.5, 0.6) is 11.5 Å². The van der Waals surface area contributed by atoms with Crippen LogP contribution in [0, 0.1) is 11.8 Å². The molecule has 39 heavy (non-hydrogen) atoms. The van der Waals surface area contributed by atoms with Crippen molar-refractivity contribution in [3.63, 3.8) is 0 Å². The molecule has 0 radical (unpaired) electrons. The molecule has 2 rings (SSSR count). The largest absolute Gasteiger partial charge is 0.497 e. The maximum Gasteiger partial charge on any atom is 0.119 e. The average molecular weight is 540 g/mol. The van der Waals surface area contributed by atoms with Gasteiger partial charge in [0.1, 0.15) is 25.1 Å². The van der Waals surface area contributed by atoms with E-state index in [0.29, 0.717) is 0 Å². The number of rotatable bonds is 15. The van der Waals surface area contributed by atoms with Crippen molar-refractivity contribution in [2.45, 2.75) is 86.0 Å². The van der Waals surface area contributed by atoms with E-state index in [4.69, 9.17) is 24.1 Å². The predicted molar refractivity (Wildman–Crippen MR) is 167 cm³/mol. The molecule has 2 aromatic carbocycles. The minimum Gasteiger partial charge on any atom is -0.497 e. The maximum atomic E-state index is 8.00. The molecule has 0 aromatic heterocycles. The van der Waals surface area contributed by atoms with Crippen molar-refractivity contribution < 1.29 is 19.1 Å². The number of hydrogen-bond acceptors (Lipinski definition) is 5. The molecule has 0 aliphatic heterocycles. The molecule has 0 amide bonds. The molecule has 2 aromatic rings. The van der Waals surface area contributed by atoms with Crippen molar-refractivity contribution in [2.75, 3.05) is 14.2 Å². The first kappa shape index (κ1) is 37.9. The van der Waals surface area contributed by atoms with Gasteiger partial charge in [-0.3, -0.25) is 4.99 Å². The van der Waals surface area contributed by atoms with Crippen molar-refractivity contribution in [3.8, 4) is 11.5 Å². The van der Waals surface area contributed by atoms with E-state index in [-0.39, 0.29) is 0 Å². The summed E-state index contributed by atoms with van der Waals surface area (Å²) < 4.78 is 10.6. The number of carbonyl (C=O) groups excluding carboxylic acids is 2. The fourth-order valence-corrected chi connectivity index (χ4v) is 4.31. The Morgan fingerprint density at radius 2 is 1.51 bits per heavy atom. The Morgan fingerprint density at radius 1 is 0.897 bits per heavy atom. The second kappa shape index (κ2) is 25.1. The normalized spacial score (nSPS) is 11.7. The van der Waals surface area contributed by atoms with Crippen LogP contribution in [-0.4, -0.2) is 33.5 Å². The summed E-state index contributed by atoms with van der Waals surface area (Å²) >= 11 is 0. The Kier molecular flexibility index (Phi) is 24.4. The zero-order valence-electron chi connectivity index (χ0n) is 25.6. The van der Waals surface area contributed by atoms with Crippen molar-refractivity contribution in [1.82, 2.24) is 0 Å². The van der Waals surface area contributed by atoms with Crippen LogP contribution in [-0.2, 0) is 22.4 Å². The summed E-state index contributed by atoms with van der Waals surface area (Å²) in [5.41, 5.74) is 4.68. The van der Waals surface area contributed by atoms with Crippen LogP contribution in [0.25, 0.3) is 0 Å². The summed E-state index contributed by atoms with van der Waals surface area (Å²) in [5.74, 6) is 3.35. The number of carbonyl (C=O) groups is 2. The minimum absolute atomic E-state index is 0.757. The lowest BCUT2D eigenvalue weighted by Crippen LogP contribution is -2.09. The third kappa shape index (κ3) is 17.8. The molecular weight excluding hydrogens is 486 g/mol. The standard InChI is InChI=1S/C30H43NO2.C2H6.2CH2O/c1-7-23(2)20-27(15-14-26-16-18-29(32-5)19-17-26)11-8-10-24(3)31-25(4)21-28-12-9-13-30(22-28)33-6;3*1-2/h9,12-13,16-19,22-23,27H,4,7-8,10-11,14-15,20-21H2,1-3,5-6H3;1-2H3;2*1H2. The van der Waals surface area contributed by atoms with Gasteiger partial charge in [-0.2, -0.15) is 0 Å². The van der Waals surface area contributed by atoms with E-state index in [0.717, 1.165) is 48.3 Å². The third-order valence-corrected chi connectivity index (χ3v) is 6.48. The summed E-state index contributed by atoms with van der Waals surface area (Å²) in [6.07, 6.45) is 9.19. The van der Waals surface area contributed by atoms with Gasteiger partial charge in [0.15, 0.2) is 0 Å². The molecular formula is C34H53NO4. The average Bonchev–Trinajstić information content (AvgIpc) is 2.99. The van der Waals surface area contributed by atoms with Crippen molar-refractivity contribution in [2.24, 2.45) is 16.8 Å². The number of methoxy groups -OCH3 is 2. The van der Waals surface area contributed by atoms with E-state index >= 15 is 0 Å². The van der Waals surface area contributed by atoms with Crippen LogP contribution in [0.4, 0.5) is 0 Å². The first-order valence-electron chi connectivity index (χ1n) is 14.0. The molecule has 0 bridgehead atoms. The van der Waals surface area contributed by atoms with Gasteiger partial charge in [-0.05, 0) is 86.3 Å². The second-order valence-corrected chi connectivity index (χ2v) is 9.34. The Hall–Kier alpha value is -3.21. The number of ether oxygens (including phenoxy) is 2. The van der Waals surface area contributed by atoms with Gasteiger partial charge in [0.05, 0.1) is 14.2 Å². The molecule has 0 aliphatic carbocycles. The van der Waals surface area contributed by atoms with Crippen LogP contribution in [0.2, 0.25) is 0 Å². The van der Waals surface area contributed by atoms with Gasteiger partial charge in [-0.15, -0.1) is 0 Å². The van der Waals surface area contributed by atoms with E-state index < -0.39 is 0 Å². The summed E-state index contributed by atoms with van der Waals surface area (Å²) in [4.78, 5) is 20.8. The number of allylic oxidation sites excluding steroid dienone is 1. The Labute approximate surface area is 238 Å². The molecule has 0 fully saturated rings. The van der Waals surface area contributed by atoms with Crippen molar-refractivity contribution in [3.05, 3.63) is 71.9 Å². The lowest BCUT2D eigenvalue weighted by Gasteiger charge is -2.20. The zero-order valence-corrected chi connectivity index (χ0v) is 25.6. The lowest BCUT2D eigenvalue weighted by molar-refractivity contribution is -0.0987. The number of hydrogen-bond donors (Lipinski definition) is 0. The van der Waals surface area contributed by atoms with Gasteiger partial charge in [0.25, 0.3) is 0 Å². The molecule has 0 spiro atoms. The predicted octanol–water partition coefficient (Wildman–Crippen LogP) is 8.73. The monoisotopic (exact) mass is 539 g/mol. The minimum atomic E-state index is 0.757. The van der Waals surface area contributed by atoms with Gasteiger partial charge in [0, 0.05) is 17.8 Å². The van der Waals surface area contributed by atoms with E-state index in [1.165, 1.54) is 48.9 Å². The van der Waals surface area contributed by atoms with Crippen molar-refractivity contribution in [1.29, 1.82) is 0 Å². The third-order valence-electron chi connectivity index (χ3n) is 6.48. The van der Waals surface area contributed by atoms with E-state index in [1.54, 1.807) is 14.2 Å². The highest BCUT2D eigenvalue weighted by Crippen LogP contribution is 2.26. The van der Waals surface area contributed by atoms with Gasteiger partial charge >= 0.3 is 0 Å². The molecule has 0 saturated carbocycles. The number of aryl methyl sites for hydroxylation is 1. The van der Waals surface area contributed by atoms with Gasteiger partial charge < -0.3 is 19.1 Å². The molecule has 218 valence electrons. The Balaban J connectivity index is 0. The summed E-state index contributed by atoms with van der Waals surface area (Å²) in [5, 5.41) is 0. The van der Waals surface area contributed by atoms with Crippen LogP contribution in [0.1, 0.15) is 84.3 Å². The van der Waals surface area contributed by atoms with Crippen molar-refractivity contribution >= 4 is 19.3 Å². The van der Waals surface area contributed by atoms with E-state index in [2.05, 4.69) is 63.7 Å². The zero-order chi connectivity index (χ0) is 30.1. The first-order chi connectivity index (χ1) is 18.9. The highest BCUT2D eigenvalue weighted by atomic mass is 16.5. The molecule has 2 atom stereocenters. The second-order valence-electron chi connectivity index (χ2n) is 9.34. The highest BCUT2D eigenvalue weighted by Gasteiger charge is 2.13. The molecule has 0 aliphatic rings. The van der Waals surface area contributed by atoms with Crippen LogP contribution in [0.15, 0.2) is 65.8 Å². The Morgan fingerprint density at radius 3 is 2.08 bits per heavy atom. The van der Waals surface area contributed by atoms with Crippen LogP contribution >= 0.6 is 0 Å². The van der Waals surface area contributed by atoms with E-state index in [1.807, 2.05) is 39.6 Å². The summed E-state index contributed by atoms with van der Waals surface area (Å²) in [6, 6.07) is 16.7. The maximum absolute atomic E-state index is 8.00. The Bertz CT molecular complexity index is 906. The smallest absolute Gasteiger partial charge is 0.119 e. The fourth-order valence-electron chi connectivity index (χ4n) is 4.31. The SMILES string of the molecule is C=C(Cc1cccc(OC)c1)N=C(C)CCCC(CCc1ccc(OC)cc1)CC(C)CC.C=O.C=O.CC. The van der Waals surface area contributed by atoms with E-state index in [9.17, 15) is 0 Å². The molecule has 5 nitrogen and oxygen atoms in total. The first-order valence-corrected chi connectivity index (χ1v) is 14.0. The highest BCUT2D eigenvalue weighted by molar-refractivity contribution is 5.82. The van der Waals surface area contributed by atoms with Gasteiger partial charge in [-0.25, -0.2) is 0 Å². The molecule has 0 heterocycles. The topological polar surface area (TPSA) is 65.0 Å². The van der Waals surface area contributed by atoms with Gasteiger partial charge in [-0.1, -0.05) is 71.4 Å². The quantitative estimate of drug-likeness (QED) is 0.212. The lowest BCUT2D eigenvalue weighted by atomic mass is 9.86.